The summed E-state index contributed by atoms with van der Waals surface area (Å²) in [7, 11) is 1.60. The van der Waals surface area contributed by atoms with Crippen LogP contribution in [-0.2, 0) is 16.0 Å². The van der Waals surface area contributed by atoms with E-state index in [1.807, 2.05) is 93.3 Å². The number of halogens is 1. The highest BCUT2D eigenvalue weighted by atomic mass is 35.5. The number of nitrogens with zero attached hydrogens (tertiary/aromatic N) is 3. The van der Waals surface area contributed by atoms with Gasteiger partial charge in [-0.3, -0.25) is 9.59 Å². The van der Waals surface area contributed by atoms with Gasteiger partial charge < -0.3 is 14.4 Å². The highest BCUT2D eigenvalue weighted by Gasteiger charge is 2.36. The molecule has 0 bridgehead atoms. The van der Waals surface area contributed by atoms with Crippen LogP contribution in [0.25, 0.3) is 11.1 Å². The van der Waals surface area contributed by atoms with E-state index in [1.165, 1.54) is 4.68 Å². The van der Waals surface area contributed by atoms with Gasteiger partial charge in [-0.15, -0.1) is 0 Å². The summed E-state index contributed by atoms with van der Waals surface area (Å²) in [5.74, 6) is 1.20. The Balaban J connectivity index is 1.63. The minimum absolute atomic E-state index is 0.0316. The quantitative estimate of drug-likeness (QED) is 0.254. The summed E-state index contributed by atoms with van der Waals surface area (Å²) in [4.78, 5) is 26.9. The summed E-state index contributed by atoms with van der Waals surface area (Å²) in [6.45, 7) is 7.68. The predicted molar refractivity (Wildman–Crippen MR) is 153 cm³/mol. The van der Waals surface area contributed by atoms with Crippen LogP contribution in [0.5, 0.6) is 11.5 Å². The number of carbonyl (C=O) groups is 2. The van der Waals surface area contributed by atoms with Gasteiger partial charge in [0.25, 0.3) is 0 Å². The van der Waals surface area contributed by atoms with Gasteiger partial charge in [0.05, 0.1) is 37.1 Å². The van der Waals surface area contributed by atoms with E-state index in [0.717, 1.165) is 44.9 Å². The van der Waals surface area contributed by atoms with Crippen molar-refractivity contribution in [2.75, 3.05) is 12.0 Å². The summed E-state index contributed by atoms with van der Waals surface area (Å²) in [6, 6.07) is 18.9. The monoisotopic (exact) mass is 543 g/mol. The van der Waals surface area contributed by atoms with Crippen LogP contribution in [0.4, 0.5) is 5.69 Å². The first-order valence-corrected chi connectivity index (χ1v) is 13.2. The smallest absolute Gasteiger partial charge is 0.234 e. The van der Waals surface area contributed by atoms with Crippen molar-refractivity contribution in [2.45, 2.75) is 46.3 Å². The van der Waals surface area contributed by atoms with Crippen molar-refractivity contribution in [3.63, 3.8) is 0 Å². The third kappa shape index (κ3) is 4.90. The largest absolute Gasteiger partial charge is 0.493 e. The second-order valence-electron chi connectivity index (χ2n) is 9.91. The number of carbonyl (C=O) groups excluding carboxylic acids is 2. The van der Waals surface area contributed by atoms with E-state index >= 15 is 0 Å². The van der Waals surface area contributed by atoms with Crippen LogP contribution >= 0.6 is 11.6 Å². The molecule has 8 heteroatoms. The first kappa shape index (κ1) is 26.5. The molecule has 7 nitrogen and oxygen atoms in total. The summed E-state index contributed by atoms with van der Waals surface area (Å²) in [6.07, 6.45) is 0.881. The molecule has 0 spiro atoms. The zero-order valence-electron chi connectivity index (χ0n) is 22.6. The number of anilines is 1. The van der Waals surface area contributed by atoms with Crippen LogP contribution in [0.15, 0.2) is 60.7 Å². The molecule has 0 aliphatic carbocycles. The van der Waals surface area contributed by atoms with Gasteiger partial charge in [-0.1, -0.05) is 35.9 Å². The Morgan fingerprint density at radius 3 is 2.31 bits per heavy atom. The molecule has 1 aliphatic rings. The average Bonchev–Trinajstić information content (AvgIpc) is 3.21. The minimum Gasteiger partial charge on any atom is -0.493 e. The number of amides is 1. The number of ether oxygens (including phenoxy) is 2. The lowest BCUT2D eigenvalue weighted by Crippen LogP contribution is -2.41. The van der Waals surface area contributed by atoms with Gasteiger partial charge in [-0.25, -0.2) is 4.68 Å². The molecule has 1 aliphatic heterocycles. The molecule has 2 heterocycles. The Labute approximate surface area is 232 Å². The van der Waals surface area contributed by atoms with Crippen molar-refractivity contribution in [3.05, 3.63) is 93.8 Å². The first-order valence-electron chi connectivity index (χ1n) is 12.8. The molecule has 1 aromatic heterocycles. The second kappa shape index (κ2) is 10.6. The predicted octanol–water partition coefficient (Wildman–Crippen LogP) is 6.33. The Morgan fingerprint density at radius 1 is 1.03 bits per heavy atom. The zero-order chi connectivity index (χ0) is 27.8. The molecular weight excluding hydrogens is 514 g/mol. The molecule has 1 amide bonds. The number of fused-ring (bicyclic) bond motifs is 1. The number of hydrogen-bond acceptors (Lipinski definition) is 5. The van der Waals surface area contributed by atoms with E-state index in [-0.39, 0.29) is 18.4 Å². The summed E-state index contributed by atoms with van der Waals surface area (Å²) in [5.41, 5.74) is 6.91. The molecule has 1 atom stereocenters. The van der Waals surface area contributed by atoms with Crippen molar-refractivity contribution >= 4 is 29.6 Å². The van der Waals surface area contributed by atoms with E-state index in [9.17, 15) is 9.59 Å². The van der Waals surface area contributed by atoms with Gasteiger partial charge in [-0.2, -0.15) is 5.10 Å². The van der Waals surface area contributed by atoms with Crippen LogP contribution in [-0.4, -0.2) is 35.3 Å². The Kier molecular flexibility index (Phi) is 7.19. The normalized spacial score (nSPS) is 14.9. The Hall–Kier alpha value is -4.10. The Morgan fingerprint density at radius 2 is 1.72 bits per heavy atom. The average molecular weight is 544 g/mol. The van der Waals surface area contributed by atoms with E-state index in [4.69, 9.17) is 21.1 Å². The van der Waals surface area contributed by atoms with Gasteiger partial charge in [0.15, 0.2) is 11.5 Å². The molecule has 0 radical (unpaired) electrons. The van der Waals surface area contributed by atoms with Crippen molar-refractivity contribution in [1.82, 2.24) is 9.78 Å². The Bertz CT molecular complexity index is 1540. The molecule has 0 N–H and O–H groups in total. The first-order chi connectivity index (χ1) is 18.7. The third-order valence-electron chi connectivity index (χ3n) is 7.00. The third-order valence-corrected chi connectivity index (χ3v) is 7.25. The lowest BCUT2D eigenvalue weighted by Gasteiger charge is -2.38. The van der Waals surface area contributed by atoms with Gasteiger partial charge in [0, 0.05) is 16.3 Å². The van der Waals surface area contributed by atoms with Crippen LogP contribution in [0, 0.1) is 13.8 Å². The number of aryl methyl sites for hydroxylation is 1. The summed E-state index contributed by atoms with van der Waals surface area (Å²) in [5, 5.41) is 4.93. The number of aromatic nitrogens is 2. The SMILES string of the molecule is COc1cc2c(cc1OC(C)C)C(c1ccc(Cl)cc1)N(c1ccc(-c3c(C)nn(C=O)c3C)cc1)C(=O)C2. The van der Waals surface area contributed by atoms with Gasteiger partial charge in [-0.05, 0) is 86.3 Å². The molecule has 0 saturated heterocycles. The summed E-state index contributed by atoms with van der Waals surface area (Å²) < 4.78 is 13.0. The fraction of sp³-hybridized carbons (Fsp3) is 0.258. The lowest BCUT2D eigenvalue weighted by molar-refractivity contribution is -0.118. The van der Waals surface area contributed by atoms with E-state index < -0.39 is 6.04 Å². The highest BCUT2D eigenvalue weighted by molar-refractivity contribution is 6.30. The molecule has 4 aromatic rings. The second-order valence-corrected chi connectivity index (χ2v) is 10.3. The fourth-order valence-corrected chi connectivity index (χ4v) is 5.43. The van der Waals surface area contributed by atoms with E-state index in [2.05, 4.69) is 5.10 Å². The van der Waals surface area contributed by atoms with E-state index in [0.29, 0.717) is 22.9 Å². The van der Waals surface area contributed by atoms with Crippen LogP contribution < -0.4 is 14.4 Å². The fourth-order valence-electron chi connectivity index (χ4n) is 5.30. The molecule has 0 saturated carbocycles. The maximum atomic E-state index is 13.8. The van der Waals surface area contributed by atoms with Crippen LogP contribution in [0.3, 0.4) is 0 Å². The molecule has 0 fully saturated rings. The maximum Gasteiger partial charge on any atom is 0.234 e. The van der Waals surface area contributed by atoms with Gasteiger partial charge in [0.2, 0.25) is 12.3 Å². The number of rotatable bonds is 7. The molecule has 39 heavy (non-hydrogen) atoms. The van der Waals surface area contributed by atoms with Crippen LogP contribution in [0.1, 0.15) is 48.0 Å². The van der Waals surface area contributed by atoms with Gasteiger partial charge in [0.1, 0.15) is 0 Å². The number of methoxy groups -OCH3 is 1. The van der Waals surface area contributed by atoms with E-state index in [1.54, 1.807) is 7.11 Å². The van der Waals surface area contributed by atoms with Crippen molar-refractivity contribution in [2.24, 2.45) is 0 Å². The van der Waals surface area contributed by atoms with Crippen molar-refractivity contribution in [3.8, 4) is 22.6 Å². The molecule has 1 unspecified atom stereocenters. The zero-order valence-corrected chi connectivity index (χ0v) is 23.3. The highest BCUT2D eigenvalue weighted by Crippen LogP contribution is 2.44. The number of hydrogen-bond donors (Lipinski definition) is 0. The molecule has 200 valence electrons. The van der Waals surface area contributed by atoms with Crippen molar-refractivity contribution < 1.29 is 19.1 Å². The van der Waals surface area contributed by atoms with Crippen LogP contribution in [0.2, 0.25) is 5.02 Å². The summed E-state index contributed by atoms with van der Waals surface area (Å²) >= 11 is 6.22. The molecule has 5 rings (SSSR count). The topological polar surface area (TPSA) is 73.7 Å². The lowest BCUT2D eigenvalue weighted by atomic mass is 9.86. The number of benzene rings is 3. The van der Waals surface area contributed by atoms with Gasteiger partial charge >= 0.3 is 0 Å². The molecular formula is C31H30ClN3O4. The maximum absolute atomic E-state index is 13.8. The standard InChI is InChI=1S/C31H30ClN3O4/c1-18(2)39-28-16-26-23(14-27(28)38-5)15-29(37)35(31(26)22-6-10-24(32)11-7-22)25-12-8-21(9-13-25)30-19(3)33-34(17-36)20(30)4/h6-14,16-18,31H,15H2,1-5H3. The minimum atomic E-state index is -0.397. The molecule has 3 aromatic carbocycles. The van der Waals surface area contributed by atoms with Crippen molar-refractivity contribution in [1.29, 1.82) is 0 Å².